The molecule has 0 aliphatic carbocycles. The summed E-state index contributed by atoms with van der Waals surface area (Å²) in [5.74, 6) is 0. The SMILES string of the molecule is N#Cc1ccc(NC(=S)NCC[NH+]2CCOCC2)cc1. The van der Waals surface area contributed by atoms with Crippen LogP contribution in [-0.4, -0.2) is 44.5 Å². The van der Waals surface area contributed by atoms with Crippen molar-refractivity contribution in [3.63, 3.8) is 0 Å². The first-order valence-corrected chi connectivity index (χ1v) is 7.15. The van der Waals surface area contributed by atoms with Crippen molar-refractivity contribution in [3.05, 3.63) is 29.8 Å². The van der Waals surface area contributed by atoms with Crippen LogP contribution in [0.2, 0.25) is 0 Å². The van der Waals surface area contributed by atoms with Gasteiger partial charge in [0.1, 0.15) is 13.1 Å². The molecule has 5 nitrogen and oxygen atoms in total. The summed E-state index contributed by atoms with van der Waals surface area (Å²) in [7, 11) is 0. The number of benzene rings is 1. The molecule has 0 saturated carbocycles. The number of thiocarbonyl (C=S) groups is 1. The average molecular weight is 291 g/mol. The molecule has 1 heterocycles. The van der Waals surface area contributed by atoms with Crippen LogP contribution >= 0.6 is 12.2 Å². The first kappa shape index (κ1) is 14.7. The van der Waals surface area contributed by atoms with Crippen LogP contribution < -0.4 is 15.5 Å². The van der Waals surface area contributed by atoms with Gasteiger partial charge in [0, 0.05) is 5.69 Å². The summed E-state index contributed by atoms with van der Waals surface area (Å²) in [4.78, 5) is 1.55. The molecule has 0 spiro atoms. The molecular formula is C14H19N4OS+. The molecule has 1 aromatic carbocycles. The highest BCUT2D eigenvalue weighted by Gasteiger charge is 2.12. The van der Waals surface area contributed by atoms with Gasteiger partial charge in [0.2, 0.25) is 0 Å². The van der Waals surface area contributed by atoms with E-state index in [1.165, 1.54) is 0 Å². The van der Waals surface area contributed by atoms with Crippen molar-refractivity contribution in [2.45, 2.75) is 0 Å². The smallest absolute Gasteiger partial charge is 0.170 e. The number of nitriles is 1. The Balaban J connectivity index is 1.68. The molecule has 1 saturated heterocycles. The zero-order valence-electron chi connectivity index (χ0n) is 11.3. The summed E-state index contributed by atoms with van der Waals surface area (Å²) in [5.41, 5.74) is 1.53. The highest BCUT2D eigenvalue weighted by Crippen LogP contribution is 2.08. The van der Waals surface area contributed by atoms with E-state index in [1.807, 2.05) is 12.1 Å². The Kier molecular flexibility index (Phi) is 5.74. The van der Waals surface area contributed by atoms with Crippen molar-refractivity contribution in [2.75, 3.05) is 44.7 Å². The minimum absolute atomic E-state index is 0.613. The van der Waals surface area contributed by atoms with Crippen molar-refractivity contribution in [3.8, 4) is 6.07 Å². The summed E-state index contributed by atoms with van der Waals surface area (Å²) in [6.07, 6.45) is 0. The van der Waals surface area contributed by atoms with E-state index in [0.29, 0.717) is 10.7 Å². The minimum atomic E-state index is 0.613. The molecule has 0 amide bonds. The summed E-state index contributed by atoms with van der Waals surface area (Å²) < 4.78 is 5.32. The maximum absolute atomic E-state index is 8.73. The summed E-state index contributed by atoms with van der Waals surface area (Å²) in [6, 6.07) is 9.32. The maximum Gasteiger partial charge on any atom is 0.170 e. The summed E-state index contributed by atoms with van der Waals surface area (Å²) in [5, 5.41) is 15.7. The standard InChI is InChI=1S/C14H18N4OS/c15-11-12-1-3-13(4-2-12)17-14(20)16-5-6-18-7-9-19-10-8-18/h1-4H,5-10H2,(H2,16,17,20)/p+1. The molecular weight excluding hydrogens is 272 g/mol. The Hall–Kier alpha value is -1.68. The third kappa shape index (κ3) is 4.78. The first-order chi connectivity index (χ1) is 9.78. The number of nitrogens with one attached hydrogen (secondary N) is 3. The van der Waals surface area contributed by atoms with Gasteiger partial charge in [-0.1, -0.05) is 0 Å². The zero-order valence-corrected chi connectivity index (χ0v) is 12.1. The van der Waals surface area contributed by atoms with E-state index in [0.717, 1.165) is 45.1 Å². The van der Waals surface area contributed by atoms with Crippen LogP contribution in [0.1, 0.15) is 5.56 Å². The number of hydrogen-bond acceptors (Lipinski definition) is 3. The van der Waals surface area contributed by atoms with Crippen LogP contribution in [0.5, 0.6) is 0 Å². The third-order valence-corrected chi connectivity index (χ3v) is 3.48. The van der Waals surface area contributed by atoms with Gasteiger partial charge in [0.25, 0.3) is 0 Å². The maximum atomic E-state index is 8.73. The van der Waals surface area contributed by atoms with Crippen molar-refractivity contribution in [1.82, 2.24) is 5.32 Å². The van der Waals surface area contributed by atoms with E-state index >= 15 is 0 Å². The lowest BCUT2D eigenvalue weighted by Crippen LogP contribution is -3.14. The fourth-order valence-electron chi connectivity index (χ4n) is 2.07. The van der Waals surface area contributed by atoms with Gasteiger partial charge in [0.15, 0.2) is 5.11 Å². The van der Waals surface area contributed by atoms with Crippen LogP contribution in [0.25, 0.3) is 0 Å². The number of nitrogens with zero attached hydrogens (tertiary/aromatic N) is 1. The lowest BCUT2D eigenvalue weighted by Gasteiger charge is -2.24. The minimum Gasteiger partial charge on any atom is -0.370 e. The lowest BCUT2D eigenvalue weighted by molar-refractivity contribution is -0.906. The highest BCUT2D eigenvalue weighted by atomic mass is 32.1. The van der Waals surface area contributed by atoms with Crippen LogP contribution in [-0.2, 0) is 4.74 Å². The molecule has 1 aromatic rings. The Labute approximate surface area is 124 Å². The van der Waals surface area contributed by atoms with Gasteiger partial charge < -0.3 is 20.3 Å². The molecule has 106 valence electrons. The Morgan fingerprint density at radius 2 is 2.00 bits per heavy atom. The molecule has 1 fully saturated rings. The largest absolute Gasteiger partial charge is 0.370 e. The van der Waals surface area contributed by atoms with Gasteiger partial charge in [-0.2, -0.15) is 5.26 Å². The van der Waals surface area contributed by atoms with Gasteiger partial charge in [-0.3, -0.25) is 0 Å². The lowest BCUT2D eigenvalue weighted by atomic mass is 10.2. The molecule has 6 heteroatoms. The van der Waals surface area contributed by atoms with E-state index in [9.17, 15) is 0 Å². The molecule has 0 unspecified atom stereocenters. The molecule has 1 aliphatic heterocycles. The molecule has 20 heavy (non-hydrogen) atoms. The van der Waals surface area contributed by atoms with E-state index in [-0.39, 0.29) is 0 Å². The molecule has 3 N–H and O–H groups in total. The second-order valence-corrected chi connectivity index (χ2v) is 5.09. The number of morpholine rings is 1. The fourth-order valence-corrected chi connectivity index (χ4v) is 2.29. The second kappa shape index (κ2) is 7.80. The average Bonchev–Trinajstić information content (AvgIpc) is 2.49. The van der Waals surface area contributed by atoms with E-state index in [2.05, 4.69) is 16.7 Å². The predicted octanol–water partition coefficient (Wildman–Crippen LogP) is -0.240. The van der Waals surface area contributed by atoms with Crippen molar-refractivity contribution >= 4 is 23.0 Å². The van der Waals surface area contributed by atoms with Gasteiger partial charge in [-0.15, -0.1) is 0 Å². The summed E-state index contributed by atoms with van der Waals surface area (Å²) in [6.45, 7) is 5.72. The highest BCUT2D eigenvalue weighted by molar-refractivity contribution is 7.80. The number of anilines is 1. The van der Waals surface area contributed by atoms with E-state index in [1.54, 1.807) is 17.0 Å². The number of hydrogen-bond donors (Lipinski definition) is 3. The molecule has 0 aromatic heterocycles. The molecule has 0 radical (unpaired) electrons. The normalized spacial score (nSPS) is 15.3. The monoisotopic (exact) mass is 291 g/mol. The Morgan fingerprint density at radius 1 is 1.30 bits per heavy atom. The predicted molar refractivity (Wildman–Crippen MR) is 81.8 cm³/mol. The number of quaternary nitrogens is 1. The van der Waals surface area contributed by atoms with Crippen molar-refractivity contribution in [1.29, 1.82) is 5.26 Å². The molecule has 2 rings (SSSR count). The van der Waals surface area contributed by atoms with Gasteiger partial charge in [-0.05, 0) is 36.5 Å². The fraction of sp³-hybridized carbons (Fsp3) is 0.429. The number of rotatable bonds is 4. The van der Waals surface area contributed by atoms with Crippen molar-refractivity contribution in [2.24, 2.45) is 0 Å². The quantitative estimate of drug-likeness (QED) is 0.669. The molecule has 1 aliphatic rings. The van der Waals surface area contributed by atoms with E-state index < -0.39 is 0 Å². The van der Waals surface area contributed by atoms with Crippen LogP contribution in [0.4, 0.5) is 5.69 Å². The second-order valence-electron chi connectivity index (χ2n) is 4.68. The third-order valence-electron chi connectivity index (χ3n) is 3.24. The topological polar surface area (TPSA) is 61.5 Å². The van der Waals surface area contributed by atoms with Crippen LogP contribution in [0, 0.1) is 11.3 Å². The van der Waals surface area contributed by atoms with Gasteiger partial charge in [-0.25, -0.2) is 0 Å². The summed E-state index contributed by atoms with van der Waals surface area (Å²) >= 11 is 5.24. The Bertz CT molecular complexity index is 477. The van der Waals surface area contributed by atoms with Crippen molar-refractivity contribution < 1.29 is 9.64 Å². The van der Waals surface area contributed by atoms with Crippen LogP contribution in [0.3, 0.4) is 0 Å². The Morgan fingerprint density at radius 3 is 2.65 bits per heavy atom. The molecule has 0 atom stereocenters. The van der Waals surface area contributed by atoms with E-state index in [4.69, 9.17) is 22.2 Å². The molecule has 0 bridgehead atoms. The van der Waals surface area contributed by atoms with Gasteiger partial charge in [0.05, 0.1) is 37.9 Å². The zero-order chi connectivity index (χ0) is 14.2. The van der Waals surface area contributed by atoms with Gasteiger partial charge >= 0.3 is 0 Å². The van der Waals surface area contributed by atoms with Crippen LogP contribution in [0.15, 0.2) is 24.3 Å². The number of ether oxygens (including phenoxy) is 1. The first-order valence-electron chi connectivity index (χ1n) is 6.74.